The third-order valence-corrected chi connectivity index (χ3v) is 8.41. The monoisotopic (exact) mass is 607 g/mol. The molecule has 0 atom stereocenters. The highest BCUT2D eigenvalue weighted by Gasteiger charge is 2.27. The highest BCUT2D eigenvalue weighted by atomic mass is 32.1. The number of amides is 1. The van der Waals surface area contributed by atoms with Gasteiger partial charge in [-0.25, -0.2) is 13.8 Å². The Hall–Kier alpha value is -4.55. The highest BCUT2D eigenvalue weighted by molar-refractivity contribution is 7.21. The summed E-state index contributed by atoms with van der Waals surface area (Å²) in [5.74, 6) is -3.55. The minimum absolute atomic E-state index is 0.119. The van der Waals surface area contributed by atoms with Gasteiger partial charge < -0.3 is 29.9 Å². The second kappa shape index (κ2) is 12.8. The molecule has 43 heavy (non-hydrogen) atoms. The normalized spacial score (nSPS) is 13.6. The van der Waals surface area contributed by atoms with Crippen molar-refractivity contribution < 1.29 is 27.8 Å². The lowest BCUT2D eigenvalue weighted by molar-refractivity contribution is -0.111. The fraction of sp³-hybridized carbons (Fsp3) is 0.258. The maximum atomic E-state index is 15.0. The average Bonchev–Trinajstić information content (AvgIpc) is 3.45. The number of aromatic nitrogens is 1. The minimum Gasteiger partial charge on any atom is -0.494 e. The van der Waals surface area contributed by atoms with Gasteiger partial charge in [-0.15, -0.1) is 11.3 Å². The summed E-state index contributed by atoms with van der Waals surface area (Å²) in [6.07, 6.45) is 2.77. The molecule has 2 N–H and O–H groups in total. The second-order valence-electron chi connectivity index (χ2n) is 9.80. The maximum absolute atomic E-state index is 15.0. The van der Waals surface area contributed by atoms with E-state index in [1.54, 1.807) is 18.3 Å². The first-order chi connectivity index (χ1) is 20.8. The first-order valence-corrected chi connectivity index (χ1v) is 14.4. The van der Waals surface area contributed by atoms with Crippen LogP contribution in [0.1, 0.15) is 22.2 Å². The van der Waals surface area contributed by atoms with Gasteiger partial charge in [-0.05, 0) is 48.3 Å². The van der Waals surface area contributed by atoms with Crippen molar-refractivity contribution in [3.05, 3.63) is 77.3 Å². The van der Waals surface area contributed by atoms with Crippen LogP contribution in [-0.2, 0) is 4.79 Å². The summed E-state index contributed by atoms with van der Waals surface area (Å²) in [5.41, 5.74) is 1.39. The van der Waals surface area contributed by atoms with Crippen LogP contribution in [0.25, 0.3) is 10.1 Å². The van der Waals surface area contributed by atoms with Gasteiger partial charge in [0.05, 0.1) is 35.2 Å². The molecule has 3 heterocycles. The Morgan fingerprint density at radius 3 is 2.35 bits per heavy atom. The van der Waals surface area contributed by atoms with E-state index in [4.69, 9.17) is 9.47 Å². The van der Waals surface area contributed by atoms with Crippen molar-refractivity contribution in [1.29, 1.82) is 0 Å². The molecule has 4 aromatic rings. The van der Waals surface area contributed by atoms with E-state index in [2.05, 4.69) is 38.9 Å². The number of thiophene rings is 1. The van der Waals surface area contributed by atoms with Gasteiger partial charge in [0.1, 0.15) is 11.4 Å². The number of piperazine rings is 1. The van der Waals surface area contributed by atoms with Crippen LogP contribution in [0.4, 0.5) is 31.7 Å². The lowest BCUT2D eigenvalue weighted by Crippen LogP contribution is -2.46. The summed E-state index contributed by atoms with van der Waals surface area (Å²) in [4.78, 5) is 34.8. The molecule has 9 nitrogen and oxygen atoms in total. The quantitative estimate of drug-likeness (QED) is 0.172. The number of ketones is 1. The molecule has 0 unspecified atom stereocenters. The Labute approximate surface area is 251 Å². The van der Waals surface area contributed by atoms with E-state index in [0.29, 0.717) is 27.3 Å². The van der Waals surface area contributed by atoms with Crippen LogP contribution in [-0.4, -0.2) is 68.5 Å². The number of anilines is 4. The predicted octanol–water partition coefficient (Wildman–Crippen LogP) is 5.83. The van der Waals surface area contributed by atoms with E-state index >= 15 is 0 Å². The topological polar surface area (TPSA) is 96.0 Å². The molecule has 1 aliphatic heterocycles. The lowest BCUT2D eigenvalue weighted by Gasteiger charge is -2.35. The fourth-order valence-corrected chi connectivity index (χ4v) is 5.88. The van der Waals surface area contributed by atoms with Gasteiger partial charge in [-0.3, -0.25) is 9.59 Å². The molecular formula is C31H31F2N5O4S. The Kier molecular flexibility index (Phi) is 8.88. The van der Waals surface area contributed by atoms with Crippen molar-refractivity contribution in [2.45, 2.75) is 6.92 Å². The van der Waals surface area contributed by atoms with Gasteiger partial charge in [0.2, 0.25) is 11.7 Å². The van der Waals surface area contributed by atoms with Crippen molar-refractivity contribution >= 4 is 56.0 Å². The number of halogens is 2. The van der Waals surface area contributed by atoms with Crippen LogP contribution in [0, 0.1) is 11.6 Å². The number of fused-ring (bicyclic) bond motifs is 1. The molecule has 1 fully saturated rings. The molecule has 0 bridgehead atoms. The number of hydrogen-bond donors (Lipinski definition) is 2. The van der Waals surface area contributed by atoms with E-state index < -0.39 is 23.0 Å². The summed E-state index contributed by atoms with van der Waals surface area (Å²) in [6, 6.07) is 10.1. The van der Waals surface area contributed by atoms with Crippen LogP contribution < -0.4 is 25.0 Å². The Balaban J connectivity index is 1.43. The first-order valence-electron chi connectivity index (χ1n) is 13.6. The number of benzene rings is 2. The van der Waals surface area contributed by atoms with Gasteiger partial charge in [0.25, 0.3) is 0 Å². The van der Waals surface area contributed by atoms with Crippen molar-refractivity contribution in [2.75, 3.05) is 62.5 Å². The van der Waals surface area contributed by atoms with E-state index in [1.807, 2.05) is 18.2 Å². The number of ether oxygens (including phenoxy) is 2. The number of rotatable bonds is 10. The van der Waals surface area contributed by atoms with Gasteiger partial charge in [-0.2, -0.15) is 0 Å². The number of carbonyl (C=O) groups excluding carboxylic acids is 2. The van der Waals surface area contributed by atoms with Crippen LogP contribution >= 0.6 is 11.3 Å². The summed E-state index contributed by atoms with van der Waals surface area (Å²) in [6.45, 7) is 10.4. The zero-order chi connectivity index (χ0) is 30.7. The average molecular weight is 608 g/mol. The van der Waals surface area contributed by atoms with E-state index in [-0.39, 0.29) is 22.3 Å². The van der Waals surface area contributed by atoms with Crippen LogP contribution in [0.3, 0.4) is 0 Å². The first kappa shape index (κ1) is 29.9. The molecule has 2 aromatic heterocycles. The van der Waals surface area contributed by atoms with E-state index in [0.717, 1.165) is 55.8 Å². The second-order valence-corrected chi connectivity index (χ2v) is 10.9. The summed E-state index contributed by atoms with van der Waals surface area (Å²) in [5, 5.41) is 6.75. The van der Waals surface area contributed by atoms with Gasteiger partial charge in [0.15, 0.2) is 23.1 Å². The molecule has 12 heteroatoms. The fourth-order valence-electron chi connectivity index (χ4n) is 4.92. The van der Waals surface area contributed by atoms with Crippen molar-refractivity contribution in [3.8, 4) is 11.5 Å². The molecule has 1 aliphatic rings. The maximum Gasteiger partial charge on any atom is 0.247 e. The standard InChI is InChI=1S/C31H31F2N5O4S/c1-5-27(39)36-21-15-19(38-11-9-37(6-2)10-12-38)7-8-20(21)35-26-14-18-13-24(43-25(18)17-34-26)31(40)28-29(32)22(41-3)16-23(42-4)30(28)33/h5,7-8,13-17H,1,6,9-12H2,2-4H3,(H,34,35)(H,36,39). The van der Waals surface area contributed by atoms with Crippen LogP contribution in [0.2, 0.25) is 0 Å². The number of nitrogens with zero attached hydrogens (tertiary/aromatic N) is 3. The van der Waals surface area contributed by atoms with Gasteiger partial charge in [-0.1, -0.05) is 13.5 Å². The molecule has 2 aromatic carbocycles. The van der Waals surface area contributed by atoms with Gasteiger partial charge >= 0.3 is 0 Å². The van der Waals surface area contributed by atoms with Crippen molar-refractivity contribution in [1.82, 2.24) is 9.88 Å². The summed E-state index contributed by atoms with van der Waals surface area (Å²) in [7, 11) is 2.44. The molecule has 0 saturated carbocycles. The highest BCUT2D eigenvalue weighted by Crippen LogP contribution is 2.36. The predicted molar refractivity (Wildman–Crippen MR) is 165 cm³/mol. The number of hydrogen-bond acceptors (Lipinski definition) is 9. The van der Waals surface area contributed by atoms with Crippen LogP contribution in [0.5, 0.6) is 11.5 Å². The summed E-state index contributed by atoms with van der Waals surface area (Å²) < 4.78 is 40.5. The molecule has 1 amide bonds. The molecule has 1 saturated heterocycles. The number of nitrogens with one attached hydrogen (secondary N) is 2. The SMILES string of the molecule is C=CC(=O)Nc1cc(N2CCN(CC)CC2)ccc1Nc1cc2cc(C(=O)c3c(F)c(OC)cc(OC)c3F)sc2cn1. The molecule has 0 spiro atoms. The largest absolute Gasteiger partial charge is 0.494 e. The van der Waals surface area contributed by atoms with Gasteiger partial charge in [0, 0.05) is 44.1 Å². The van der Waals surface area contributed by atoms with E-state index in [9.17, 15) is 18.4 Å². The molecular weight excluding hydrogens is 576 g/mol. The Morgan fingerprint density at radius 1 is 1.02 bits per heavy atom. The third kappa shape index (κ3) is 6.15. The minimum atomic E-state index is -1.10. The molecule has 0 radical (unpaired) electrons. The number of pyridine rings is 1. The van der Waals surface area contributed by atoms with E-state index in [1.165, 1.54) is 20.3 Å². The smallest absolute Gasteiger partial charge is 0.247 e. The van der Waals surface area contributed by atoms with Crippen LogP contribution in [0.15, 0.2) is 55.3 Å². The number of likely N-dealkylation sites (N-methyl/N-ethyl adjacent to an activating group) is 1. The third-order valence-electron chi connectivity index (χ3n) is 7.32. The number of carbonyl (C=O) groups is 2. The Bertz CT molecular complexity index is 1670. The Morgan fingerprint density at radius 2 is 1.72 bits per heavy atom. The molecule has 5 rings (SSSR count). The van der Waals surface area contributed by atoms with Crippen molar-refractivity contribution in [3.63, 3.8) is 0 Å². The lowest BCUT2D eigenvalue weighted by atomic mass is 10.1. The molecule has 224 valence electrons. The van der Waals surface area contributed by atoms with Crippen molar-refractivity contribution in [2.24, 2.45) is 0 Å². The number of methoxy groups -OCH3 is 2. The summed E-state index contributed by atoms with van der Waals surface area (Å²) >= 11 is 1.06. The molecule has 0 aliphatic carbocycles. The zero-order valence-corrected chi connectivity index (χ0v) is 24.8. The zero-order valence-electron chi connectivity index (χ0n) is 24.0.